The second kappa shape index (κ2) is 4.67. The van der Waals surface area contributed by atoms with Crippen molar-refractivity contribution < 1.29 is 0 Å². The molecule has 2 aromatic rings. The first kappa shape index (κ1) is 14.1. The van der Waals surface area contributed by atoms with Crippen LogP contribution >= 0.6 is 15.9 Å². The van der Waals surface area contributed by atoms with Gasteiger partial charge in [0.25, 0.3) is 0 Å². The highest BCUT2D eigenvalue weighted by molar-refractivity contribution is 9.10. The summed E-state index contributed by atoms with van der Waals surface area (Å²) < 4.78 is 2.71. The maximum absolute atomic E-state index is 6.19. The van der Waals surface area contributed by atoms with Crippen LogP contribution in [0.1, 0.15) is 37.6 Å². The number of nitrogens with two attached hydrogens (primary N) is 1. The summed E-state index contributed by atoms with van der Waals surface area (Å²) in [5.41, 5.74) is 10.6. The number of hydrogen-bond donors (Lipinski definition) is 1. The van der Waals surface area contributed by atoms with Crippen LogP contribution in [0.15, 0.2) is 22.7 Å². The van der Waals surface area contributed by atoms with Gasteiger partial charge < -0.3 is 5.73 Å². The Bertz CT molecular complexity index is 621. The molecule has 19 heavy (non-hydrogen) atoms. The van der Waals surface area contributed by atoms with E-state index >= 15 is 0 Å². The second-order valence-electron chi connectivity index (χ2n) is 6.00. The van der Waals surface area contributed by atoms with Crippen LogP contribution in [0.5, 0.6) is 0 Å². The molecule has 4 heteroatoms. The Labute approximate surface area is 122 Å². The van der Waals surface area contributed by atoms with Gasteiger partial charge in [0.2, 0.25) is 0 Å². The predicted octanol–water partition coefficient (Wildman–Crippen LogP) is 4.13. The van der Waals surface area contributed by atoms with Crippen LogP contribution in [0.3, 0.4) is 0 Å². The Morgan fingerprint density at radius 1 is 1.21 bits per heavy atom. The van der Waals surface area contributed by atoms with Gasteiger partial charge in [-0.15, -0.1) is 0 Å². The van der Waals surface area contributed by atoms with Crippen molar-refractivity contribution in [2.45, 2.75) is 40.0 Å². The number of aromatic nitrogens is 2. The molecule has 0 aliphatic rings. The van der Waals surface area contributed by atoms with Gasteiger partial charge in [-0.25, -0.2) is 4.68 Å². The Morgan fingerprint density at radius 3 is 2.32 bits per heavy atom. The minimum atomic E-state index is -0.0448. The number of aryl methyl sites for hydroxylation is 2. The zero-order valence-electron chi connectivity index (χ0n) is 12.1. The molecule has 1 heterocycles. The number of nitrogens with zero attached hydrogens (tertiary/aromatic N) is 2. The van der Waals surface area contributed by atoms with Crippen LogP contribution in [-0.2, 0) is 5.41 Å². The van der Waals surface area contributed by atoms with Crippen molar-refractivity contribution in [2.75, 3.05) is 5.73 Å². The molecule has 0 radical (unpaired) electrons. The summed E-state index contributed by atoms with van der Waals surface area (Å²) in [6, 6.07) is 6.28. The van der Waals surface area contributed by atoms with E-state index in [1.54, 1.807) is 0 Å². The van der Waals surface area contributed by atoms with Crippen molar-refractivity contribution in [3.63, 3.8) is 0 Å². The third-order valence-electron chi connectivity index (χ3n) is 3.15. The van der Waals surface area contributed by atoms with Crippen molar-refractivity contribution in [3.05, 3.63) is 39.5 Å². The zero-order chi connectivity index (χ0) is 14.4. The van der Waals surface area contributed by atoms with Gasteiger partial charge in [-0.05, 0) is 41.4 Å². The number of anilines is 1. The molecular weight excluding hydrogens is 302 g/mol. The molecule has 2 N–H and O–H groups in total. The van der Waals surface area contributed by atoms with Gasteiger partial charge in [-0.1, -0.05) is 38.5 Å². The molecule has 0 aliphatic heterocycles. The molecule has 0 saturated carbocycles. The fourth-order valence-electron chi connectivity index (χ4n) is 2.12. The topological polar surface area (TPSA) is 43.8 Å². The van der Waals surface area contributed by atoms with E-state index in [-0.39, 0.29) is 5.41 Å². The largest absolute Gasteiger partial charge is 0.383 e. The van der Waals surface area contributed by atoms with Gasteiger partial charge >= 0.3 is 0 Å². The number of benzene rings is 1. The van der Waals surface area contributed by atoms with Gasteiger partial charge in [0.05, 0.1) is 15.9 Å². The van der Waals surface area contributed by atoms with Gasteiger partial charge in [0.1, 0.15) is 5.82 Å². The second-order valence-corrected chi connectivity index (χ2v) is 6.79. The maximum atomic E-state index is 6.19. The van der Waals surface area contributed by atoms with E-state index in [1.807, 2.05) is 4.68 Å². The molecule has 0 spiro atoms. The summed E-state index contributed by atoms with van der Waals surface area (Å²) in [6.45, 7) is 10.6. The van der Waals surface area contributed by atoms with E-state index in [9.17, 15) is 0 Å². The molecule has 0 amide bonds. The van der Waals surface area contributed by atoms with E-state index in [1.165, 1.54) is 11.1 Å². The Balaban J connectivity index is 2.64. The lowest BCUT2D eigenvalue weighted by Crippen LogP contribution is -2.13. The summed E-state index contributed by atoms with van der Waals surface area (Å²) in [5, 5.41) is 4.69. The van der Waals surface area contributed by atoms with Crippen LogP contribution in [0.25, 0.3) is 5.69 Å². The van der Waals surface area contributed by atoms with Crippen molar-refractivity contribution in [1.29, 1.82) is 0 Å². The minimum Gasteiger partial charge on any atom is -0.383 e. The molecule has 0 unspecified atom stereocenters. The molecule has 0 bridgehead atoms. The first-order valence-corrected chi connectivity index (χ1v) is 7.13. The van der Waals surface area contributed by atoms with Gasteiger partial charge in [-0.3, -0.25) is 0 Å². The summed E-state index contributed by atoms with van der Waals surface area (Å²) in [4.78, 5) is 0. The lowest BCUT2D eigenvalue weighted by Gasteiger charge is -2.15. The van der Waals surface area contributed by atoms with E-state index in [0.717, 1.165) is 15.9 Å². The fraction of sp³-hybridized carbons (Fsp3) is 0.400. The first-order valence-electron chi connectivity index (χ1n) is 6.34. The standard InChI is InChI=1S/C15H20BrN3/c1-9-6-7-11(10(2)8-9)19-14(17)12(16)13(18-19)15(3,4)5/h6-8H,17H2,1-5H3. The lowest BCUT2D eigenvalue weighted by molar-refractivity contribution is 0.558. The lowest BCUT2D eigenvalue weighted by atomic mass is 9.92. The van der Waals surface area contributed by atoms with Crippen molar-refractivity contribution >= 4 is 21.7 Å². The molecule has 1 aromatic heterocycles. The highest BCUT2D eigenvalue weighted by atomic mass is 79.9. The smallest absolute Gasteiger partial charge is 0.141 e. The molecular formula is C15H20BrN3. The summed E-state index contributed by atoms with van der Waals surface area (Å²) in [6.07, 6.45) is 0. The maximum Gasteiger partial charge on any atom is 0.141 e. The normalized spacial score (nSPS) is 11.9. The minimum absolute atomic E-state index is 0.0448. The number of halogens is 1. The molecule has 3 nitrogen and oxygen atoms in total. The van der Waals surface area contributed by atoms with Crippen LogP contribution in [-0.4, -0.2) is 9.78 Å². The molecule has 0 atom stereocenters. The average molecular weight is 322 g/mol. The van der Waals surface area contributed by atoms with Crippen LogP contribution in [0.4, 0.5) is 5.82 Å². The molecule has 1 aromatic carbocycles. The summed E-state index contributed by atoms with van der Waals surface area (Å²) >= 11 is 3.56. The van der Waals surface area contributed by atoms with E-state index < -0.39 is 0 Å². The molecule has 0 fully saturated rings. The number of nitrogen functional groups attached to an aromatic ring is 1. The summed E-state index contributed by atoms with van der Waals surface area (Å²) in [5.74, 6) is 0.650. The van der Waals surface area contributed by atoms with Crippen molar-refractivity contribution in [2.24, 2.45) is 0 Å². The first-order chi connectivity index (χ1) is 8.71. The molecule has 102 valence electrons. The van der Waals surface area contributed by atoms with Crippen LogP contribution < -0.4 is 5.73 Å². The van der Waals surface area contributed by atoms with Crippen LogP contribution in [0.2, 0.25) is 0 Å². The Hall–Kier alpha value is -1.29. The third kappa shape index (κ3) is 2.54. The van der Waals surface area contributed by atoms with Crippen molar-refractivity contribution in [3.8, 4) is 5.69 Å². The van der Waals surface area contributed by atoms with Crippen molar-refractivity contribution in [1.82, 2.24) is 9.78 Å². The molecule has 0 saturated heterocycles. The Morgan fingerprint density at radius 2 is 1.84 bits per heavy atom. The zero-order valence-corrected chi connectivity index (χ0v) is 13.7. The Kier molecular flexibility index (Phi) is 3.47. The highest BCUT2D eigenvalue weighted by Gasteiger charge is 2.25. The number of hydrogen-bond acceptors (Lipinski definition) is 2. The van der Waals surface area contributed by atoms with Gasteiger partial charge in [-0.2, -0.15) is 5.10 Å². The molecule has 0 aliphatic carbocycles. The van der Waals surface area contributed by atoms with Gasteiger partial charge in [0, 0.05) is 5.41 Å². The van der Waals surface area contributed by atoms with E-state index in [4.69, 9.17) is 5.73 Å². The summed E-state index contributed by atoms with van der Waals surface area (Å²) in [7, 11) is 0. The average Bonchev–Trinajstić information content (AvgIpc) is 2.56. The SMILES string of the molecule is Cc1ccc(-n2nc(C(C)(C)C)c(Br)c2N)c(C)c1. The van der Waals surface area contributed by atoms with Crippen LogP contribution in [0, 0.1) is 13.8 Å². The van der Waals surface area contributed by atoms with E-state index in [0.29, 0.717) is 5.82 Å². The van der Waals surface area contributed by atoms with E-state index in [2.05, 4.69) is 73.8 Å². The van der Waals surface area contributed by atoms with Gasteiger partial charge in [0.15, 0.2) is 0 Å². The fourth-order valence-corrected chi connectivity index (χ4v) is 2.96. The quantitative estimate of drug-likeness (QED) is 0.858. The third-order valence-corrected chi connectivity index (χ3v) is 3.93. The molecule has 2 rings (SSSR count). The predicted molar refractivity (Wildman–Crippen MR) is 83.9 cm³/mol. The monoisotopic (exact) mass is 321 g/mol. The number of rotatable bonds is 1. The highest BCUT2D eigenvalue weighted by Crippen LogP contribution is 2.34.